The van der Waals surface area contributed by atoms with E-state index >= 15 is 0 Å². The number of allylic oxidation sites excluding steroid dienone is 4. The topological polar surface area (TPSA) is 0 Å². The summed E-state index contributed by atoms with van der Waals surface area (Å²) in [6, 6.07) is 0. The summed E-state index contributed by atoms with van der Waals surface area (Å²) in [5, 5.41) is 0. The second-order valence-electron chi connectivity index (χ2n) is 2.44. The van der Waals surface area contributed by atoms with E-state index in [-0.39, 0.29) is 0 Å². The molecule has 0 spiro atoms. The van der Waals surface area contributed by atoms with Crippen molar-refractivity contribution in [2.75, 3.05) is 11.5 Å². The molecule has 0 atom stereocenters. The molecule has 0 aromatic rings. The Bertz CT molecular complexity index is 212. The fourth-order valence-corrected chi connectivity index (χ4v) is 1.70. The highest BCUT2D eigenvalue weighted by Gasteiger charge is 2.00. The highest BCUT2D eigenvalue weighted by molar-refractivity contribution is 7.80. The third-order valence-electron chi connectivity index (χ3n) is 1.72. The summed E-state index contributed by atoms with van der Waals surface area (Å²) in [7, 11) is 0. The van der Waals surface area contributed by atoms with Crippen molar-refractivity contribution in [1.29, 1.82) is 0 Å². The number of hydrogen-bond acceptors (Lipinski definition) is 2. The lowest BCUT2D eigenvalue weighted by Crippen LogP contribution is -1.91. The quantitative estimate of drug-likeness (QED) is 0.606. The Labute approximate surface area is 78.9 Å². The largest absolute Gasteiger partial charge is 0.175 e. The van der Waals surface area contributed by atoms with Crippen molar-refractivity contribution in [2.45, 2.75) is 6.42 Å². The molecule has 0 aromatic heterocycles. The number of hydrogen-bond donors (Lipinski definition) is 2. The van der Waals surface area contributed by atoms with E-state index in [4.69, 9.17) is 0 Å². The average molecular weight is 184 g/mol. The molecule has 1 aliphatic carbocycles. The maximum atomic E-state index is 4.27. The number of thiol groups is 2. The zero-order chi connectivity index (χ0) is 8.10. The van der Waals surface area contributed by atoms with Crippen LogP contribution in [0, 0.1) is 0 Å². The first-order chi connectivity index (χ1) is 5.38. The van der Waals surface area contributed by atoms with Gasteiger partial charge in [-0.1, -0.05) is 29.9 Å². The Morgan fingerprint density at radius 1 is 1.18 bits per heavy atom. The maximum absolute atomic E-state index is 4.27. The standard InChI is InChI=1S/C9H12S2/c10-6-8-4-2-1-3-5-9(8)7-11/h1-4,10-11H,5-7H2. The molecule has 11 heavy (non-hydrogen) atoms. The van der Waals surface area contributed by atoms with E-state index in [1.807, 2.05) is 0 Å². The highest BCUT2D eigenvalue weighted by atomic mass is 32.1. The Kier molecular flexibility index (Phi) is 3.87. The Morgan fingerprint density at radius 2 is 2.00 bits per heavy atom. The minimum atomic E-state index is 0.814. The van der Waals surface area contributed by atoms with Crippen LogP contribution in [0.3, 0.4) is 0 Å². The third-order valence-corrected chi connectivity index (χ3v) is 2.45. The van der Waals surface area contributed by atoms with E-state index in [1.165, 1.54) is 11.1 Å². The lowest BCUT2D eigenvalue weighted by molar-refractivity contribution is 1.19. The van der Waals surface area contributed by atoms with Gasteiger partial charge in [-0.25, -0.2) is 0 Å². The van der Waals surface area contributed by atoms with Crippen LogP contribution in [0.5, 0.6) is 0 Å². The van der Waals surface area contributed by atoms with Crippen LogP contribution in [0.4, 0.5) is 0 Å². The van der Waals surface area contributed by atoms with Gasteiger partial charge in [-0.05, 0) is 12.0 Å². The summed E-state index contributed by atoms with van der Waals surface area (Å²) in [5.41, 5.74) is 2.70. The maximum Gasteiger partial charge on any atom is 0.0154 e. The van der Waals surface area contributed by atoms with Crippen molar-refractivity contribution < 1.29 is 0 Å². The van der Waals surface area contributed by atoms with Crippen LogP contribution >= 0.6 is 25.3 Å². The van der Waals surface area contributed by atoms with Crippen molar-refractivity contribution in [3.63, 3.8) is 0 Å². The van der Waals surface area contributed by atoms with Crippen LogP contribution in [0.2, 0.25) is 0 Å². The molecule has 0 saturated carbocycles. The van der Waals surface area contributed by atoms with E-state index in [9.17, 15) is 0 Å². The molecule has 0 nitrogen and oxygen atoms in total. The molecule has 0 aromatic carbocycles. The Hall–Kier alpha value is -0.0800. The van der Waals surface area contributed by atoms with E-state index in [0.29, 0.717) is 0 Å². The van der Waals surface area contributed by atoms with Gasteiger partial charge in [-0.15, -0.1) is 0 Å². The van der Waals surface area contributed by atoms with Crippen LogP contribution in [0.25, 0.3) is 0 Å². The van der Waals surface area contributed by atoms with Crippen LogP contribution in [-0.2, 0) is 0 Å². The van der Waals surface area contributed by atoms with Crippen molar-refractivity contribution in [1.82, 2.24) is 0 Å². The molecule has 0 radical (unpaired) electrons. The molecule has 0 fully saturated rings. The summed E-state index contributed by atoms with van der Waals surface area (Å²) in [5.74, 6) is 1.65. The van der Waals surface area contributed by atoms with Crippen LogP contribution in [0.15, 0.2) is 35.5 Å². The molecular weight excluding hydrogens is 172 g/mol. The Morgan fingerprint density at radius 3 is 2.64 bits per heavy atom. The average Bonchev–Trinajstić information content (AvgIpc) is 2.27. The van der Waals surface area contributed by atoms with Gasteiger partial charge >= 0.3 is 0 Å². The van der Waals surface area contributed by atoms with Crippen LogP contribution < -0.4 is 0 Å². The van der Waals surface area contributed by atoms with Crippen molar-refractivity contribution >= 4 is 25.3 Å². The van der Waals surface area contributed by atoms with Crippen LogP contribution in [-0.4, -0.2) is 11.5 Å². The molecule has 0 unspecified atom stereocenters. The van der Waals surface area contributed by atoms with Crippen molar-refractivity contribution in [3.05, 3.63) is 35.5 Å². The van der Waals surface area contributed by atoms with Crippen molar-refractivity contribution in [3.8, 4) is 0 Å². The molecule has 0 heterocycles. The van der Waals surface area contributed by atoms with Gasteiger partial charge in [0.1, 0.15) is 0 Å². The zero-order valence-electron chi connectivity index (χ0n) is 6.33. The number of rotatable bonds is 2. The van der Waals surface area contributed by atoms with Gasteiger partial charge in [0.2, 0.25) is 0 Å². The van der Waals surface area contributed by atoms with E-state index in [1.54, 1.807) is 0 Å². The summed E-state index contributed by atoms with van der Waals surface area (Å²) in [6.45, 7) is 0. The lowest BCUT2D eigenvalue weighted by Gasteiger charge is -2.04. The van der Waals surface area contributed by atoms with E-state index in [2.05, 4.69) is 49.6 Å². The molecule has 2 heteroatoms. The normalized spacial score (nSPS) is 17.3. The minimum absolute atomic E-state index is 0.814. The molecule has 0 saturated heterocycles. The molecule has 0 amide bonds. The second-order valence-corrected chi connectivity index (χ2v) is 3.07. The van der Waals surface area contributed by atoms with Crippen LogP contribution in [0.1, 0.15) is 6.42 Å². The van der Waals surface area contributed by atoms with Gasteiger partial charge in [0, 0.05) is 11.5 Å². The Balaban J connectivity index is 2.85. The minimum Gasteiger partial charge on any atom is -0.175 e. The predicted octanol–water partition coefficient (Wildman–Crippen LogP) is 2.66. The molecule has 0 N–H and O–H groups in total. The van der Waals surface area contributed by atoms with E-state index < -0.39 is 0 Å². The van der Waals surface area contributed by atoms with Crippen molar-refractivity contribution in [2.24, 2.45) is 0 Å². The first-order valence-corrected chi connectivity index (χ1v) is 4.90. The fraction of sp³-hybridized carbons (Fsp3) is 0.333. The lowest BCUT2D eigenvalue weighted by atomic mass is 10.1. The van der Waals surface area contributed by atoms with Gasteiger partial charge in [-0.3, -0.25) is 0 Å². The van der Waals surface area contributed by atoms with Gasteiger partial charge < -0.3 is 0 Å². The predicted molar refractivity (Wildman–Crippen MR) is 57.6 cm³/mol. The third kappa shape index (κ3) is 2.46. The summed E-state index contributed by atoms with van der Waals surface area (Å²) in [6.07, 6.45) is 9.41. The summed E-state index contributed by atoms with van der Waals surface area (Å²) in [4.78, 5) is 0. The summed E-state index contributed by atoms with van der Waals surface area (Å²) < 4.78 is 0. The fourth-order valence-electron chi connectivity index (χ4n) is 1.04. The smallest absolute Gasteiger partial charge is 0.0154 e. The van der Waals surface area contributed by atoms with Gasteiger partial charge in [0.15, 0.2) is 0 Å². The molecule has 60 valence electrons. The molecular formula is C9H12S2. The van der Waals surface area contributed by atoms with Gasteiger partial charge in [0.05, 0.1) is 0 Å². The molecule has 0 aliphatic heterocycles. The first-order valence-electron chi connectivity index (χ1n) is 3.64. The monoisotopic (exact) mass is 184 g/mol. The van der Waals surface area contributed by atoms with Gasteiger partial charge in [0.25, 0.3) is 0 Å². The molecule has 1 rings (SSSR count). The molecule has 0 bridgehead atoms. The van der Waals surface area contributed by atoms with Gasteiger partial charge in [-0.2, -0.15) is 25.3 Å². The summed E-state index contributed by atoms with van der Waals surface area (Å²) >= 11 is 8.52. The molecule has 1 aliphatic rings. The zero-order valence-corrected chi connectivity index (χ0v) is 8.11. The second kappa shape index (κ2) is 4.73. The first kappa shape index (κ1) is 9.01. The SMILES string of the molecule is SCC1=C(CS)CC=CC=C1. The highest BCUT2D eigenvalue weighted by Crippen LogP contribution is 2.16. The van der Waals surface area contributed by atoms with E-state index in [0.717, 1.165) is 17.9 Å².